The number of hydrogen-bond acceptors (Lipinski definition) is 4. The number of quaternary nitrogens is 1. The monoisotopic (exact) mass is 495 g/mol. The molecule has 0 bridgehead atoms. The van der Waals surface area contributed by atoms with Crippen molar-refractivity contribution < 1.29 is 4.79 Å². The first kappa shape index (κ1) is 23.8. The average Bonchev–Trinajstić information content (AvgIpc) is 3.41. The van der Waals surface area contributed by atoms with Gasteiger partial charge in [-0.2, -0.15) is 0 Å². The van der Waals surface area contributed by atoms with E-state index in [9.17, 15) is 4.79 Å². The van der Waals surface area contributed by atoms with Crippen LogP contribution >= 0.6 is 0 Å². The van der Waals surface area contributed by atoms with Gasteiger partial charge in [0.25, 0.3) is 5.91 Å². The minimum Gasteiger partial charge on any atom is -0.348 e. The van der Waals surface area contributed by atoms with Crippen molar-refractivity contribution in [2.24, 2.45) is 0 Å². The first-order chi connectivity index (χ1) is 18.2. The number of nitrogens with one attached hydrogen (secondary N) is 2. The Hall–Kier alpha value is -3.55. The third-order valence-electron chi connectivity index (χ3n) is 8.23. The molecule has 0 unspecified atom stereocenters. The van der Waals surface area contributed by atoms with E-state index in [4.69, 9.17) is 0 Å². The van der Waals surface area contributed by atoms with E-state index in [1.165, 1.54) is 50.9 Å². The number of pyridine rings is 1. The van der Waals surface area contributed by atoms with Gasteiger partial charge in [-0.05, 0) is 61.2 Å². The van der Waals surface area contributed by atoms with Crippen LogP contribution in [0, 0.1) is 0 Å². The molecule has 0 aliphatic carbocycles. The lowest BCUT2D eigenvalue weighted by atomic mass is 9.95. The Morgan fingerprint density at radius 2 is 1.89 bits per heavy atom. The van der Waals surface area contributed by atoms with E-state index in [1.807, 2.05) is 36.7 Å². The Morgan fingerprint density at radius 1 is 1.03 bits per heavy atom. The van der Waals surface area contributed by atoms with Crippen LogP contribution in [0.25, 0.3) is 16.7 Å². The number of benzene rings is 2. The Bertz CT molecular complexity index is 1370. The van der Waals surface area contributed by atoms with Gasteiger partial charge in [-0.1, -0.05) is 12.1 Å². The van der Waals surface area contributed by atoms with Crippen LogP contribution in [0.5, 0.6) is 0 Å². The number of imidazole rings is 1. The smallest absolute Gasteiger partial charge is 0.251 e. The summed E-state index contributed by atoms with van der Waals surface area (Å²) < 4.78 is 3.27. The third-order valence-corrected chi connectivity index (χ3v) is 8.23. The summed E-state index contributed by atoms with van der Waals surface area (Å²) in [4.78, 5) is 21.5. The SMILES string of the molecule is O=C(NCc1cccnc1)c1ccc2c(c1)ncn2-c1cccc([N+]2(C3CCNCC3)CCCCC2)c1. The molecule has 190 valence electrons. The van der Waals surface area contributed by atoms with Crippen molar-refractivity contribution in [3.63, 3.8) is 0 Å². The number of hydrogen-bond donors (Lipinski definition) is 2. The van der Waals surface area contributed by atoms with Gasteiger partial charge in [0, 0.05) is 56.5 Å². The highest BCUT2D eigenvalue weighted by molar-refractivity contribution is 5.97. The molecule has 1 amide bonds. The number of aromatic nitrogens is 3. The Labute approximate surface area is 218 Å². The predicted octanol–water partition coefficient (Wildman–Crippen LogP) is 4.59. The Kier molecular flexibility index (Phi) is 6.72. The van der Waals surface area contributed by atoms with E-state index in [2.05, 4.69) is 49.4 Å². The molecule has 2 aromatic heterocycles. The molecule has 0 spiro atoms. The van der Waals surface area contributed by atoms with Gasteiger partial charge >= 0.3 is 0 Å². The van der Waals surface area contributed by atoms with E-state index >= 15 is 0 Å². The number of carbonyl (C=O) groups excluding carboxylic acids is 1. The average molecular weight is 496 g/mol. The van der Waals surface area contributed by atoms with Crippen LogP contribution in [-0.4, -0.2) is 52.7 Å². The maximum atomic E-state index is 12.8. The lowest BCUT2D eigenvalue weighted by Crippen LogP contribution is -2.62. The van der Waals surface area contributed by atoms with E-state index in [0.29, 0.717) is 18.2 Å². The predicted molar refractivity (Wildman–Crippen MR) is 148 cm³/mol. The molecule has 2 aliphatic heterocycles. The highest BCUT2D eigenvalue weighted by atomic mass is 16.1. The van der Waals surface area contributed by atoms with Gasteiger partial charge in [0.1, 0.15) is 12.0 Å². The Balaban J connectivity index is 1.27. The minimum atomic E-state index is -0.110. The van der Waals surface area contributed by atoms with Gasteiger partial charge in [0.15, 0.2) is 0 Å². The second kappa shape index (κ2) is 10.4. The summed E-state index contributed by atoms with van der Waals surface area (Å²) in [5, 5.41) is 6.53. The Morgan fingerprint density at radius 3 is 2.70 bits per heavy atom. The molecule has 4 heterocycles. The minimum absolute atomic E-state index is 0.110. The van der Waals surface area contributed by atoms with Crippen LogP contribution in [0.2, 0.25) is 0 Å². The zero-order valence-electron chi connectivity index (χ0n) is 21.3. The quantitative estimate of drug-likeness (QED) is 0.384. The van der Waals surface area contributed by atoms with Gasteiger partial charge in [-0.15, -0.1) is 0 Å². The first-order valence-corrected chi connectivity index (χ1v) is 13.6. The fourth-order valence-corrected chi connectivity index (χ4v) is 6.28. The summed E-state index contributed by atoms with van der Waals surface area (Å²) in [5.41, 5.74) is 5.97. The second-order valence-corrected chi connectivity index (χ2v) is 10.4. The van der Waals surface area contributed by atoms with E-state index in [-0.39, 0.29) is 5.91 Å². The maximum absolute atomic E-state index is 12.8. The number of piperidine rings is 2. The van der Waals surface area contributed by atoms with Crippen molar-refractivity contribution >= 4 is 22.6 Å². The fraction of sp³-hybridized carbons (Fsp3) is 0.367. The molecule has 7 heteroatoms. The van der Waals surface area contributed by atoms with Crippen molar-refractivity contribution in [1.82, 2.24) is 29.7 Å². The molecule has 0 atom stereocenters. The number of amides is 1. The van der Waals surface area contributed by atoms with Crippen molar-refractivity contribution in [2.45, 2.75) is 44.7 Å². The molecular weight excluding hydrogens is 460 g/mol. The summed E-state index contributed by atoms with van der Waals surface area (Å²) >= 11 is 0. The van der Waals surface area contributed by atoms with Crippen molar-refractivity contribution in [3.05, 3.63) is 84.4 Å². The van der Waals surface area contributed by atoms with Gasteiger partial charge in [0.05, 0.1) is 35.9 Å². The van der Waals surface area contributed by atoms with Gasteiger partial charge in [-0.25, -0.2) is 4.98 Å². The molecule has 2 N–H and O–H groups in total. The molecule has 37 heavy (non-hydrogen) atoms. The maximum Gasteiger partial charge on any atom is 0.251 e. The molecule has 2 saturated heterocycles. The number of likely N-dealkylation sites (tertiary alicyclic amines) is 1. The molecule has 2 aliphatic rings. The standard InChI is InChI=1S/C30H34N6O/c37-30(33-21-23-6-5-13-32-20-23)24-9-10-29-28(18-24)34-22-35(29)25-7-4-8-27(19-25)36(16-2-1-3-17-36)26-11-14-31-15-12-26/h4-10,13,18-20,22,26,31H,1-3,11-12,14-17,21H2/p+1. The fourth-order valence-electron chi connectivity index (χ4n) is 6.28. The van der Waals surface area contributed by atoms with Gasteiger partial charge in [0.2, 0.25) is 0 Å². The molecule has 6 rings (SSSR count). The van der Waals surface area contributed by atoms with Crippen molar-refractivity contribution in [2.75, 3.05) is 26.2 Å². The summed E-state index contributed by atoms with van der Waals surface area (Å²) in [6.07, 6.45) is 11.8. The van der Waals surface area contributed by atoms with Crippen molar-refractivity contribution in [3.8, 4) is 5.69 Å². The highest BCUT2D eigenvalue weighted by Gasteiger charge is 2.41. The molecule has 2 aromatic carbocycles. The molecule has 7 nitrogen and oxygen atoms in total. The van der Waals surface area contributed by atoms with Gasteiger partial charge < -0.3 is 10.6 Å². The number of fused-ring (bicyclic) bond motifs is 1. The molecule has 2 fully saturated rings. The number of nitrogens with zero attached hydrogens (tertiary/aromatic N) is 4. The normalized spacial score (nSPS) is 18.1. The largest absolute Gasteiger partial charge is 0.348 e. The third kappa shape index (κ3) is 4.77. The van der Waals surface area contributed by atoms with Gasteiger partial charge in [-0.3, -0.25) is 18.8 Å². The van der Waals surface area contributed by atoms with Crippen LogP contribution in [-0.2, 0) is 6.54 Å². The van der Waals surface area contributed by atoms with Crippen molar-refractivity contribution in [1.29, 1.82) is 0 Å². The van der Waals surface area contributed by atoms with Crippen LogP contribution in [0.15, 0.2) is 73.3 Å². The summed E-state index contributed by atoms with van der Waals surface area (Å²) in [5.74, 6) is -0.110. The molecule has 0 saturated carbocycles. The lowest BCUT2D eigenvalue weighted by Gasteiger charge is -2.48. The van der Waals surface area contributed by atoms with E-state index in [1.54, 1.807) is 12.4 Å². The van der Waals surface area contributed by atoms with Crippen LogP contribution in [0.4, 0.5) is 5.69 Å². The second-order valence-electron chi connectivity index (χ2n) is 10.4. The molecular formula is C30H35N6O+. The number of carbonyl (C=O) groups is 1. The zero-order chi connectivity index (χ0) is 25.1. The van der Waals surface area contributed by atoms with E-state index < -0.39 is 0 Å². The topological polar surface area (TPSA) is 71.8 Å². The summed E-state index contributed by atoms with van der Waals surface area (Å²) in [6, 6.07) is 19.4. The highest BCUT2D eigenvalue weighted by Crippen LogP contribution is 2.36. The summed E-state index contributed by atoms with van der Waals surface area (Å²) in [6.45, 7) is 5.15. The first-order valence-electron chi connectivity index (χ1n) is 13.6. The van der Waals surface area contributed by atoms with Crippen LogP contribution in [0.1, 0.15) is 48.0 Å². The molecule has 4 aromatic rings. The van der Waals surface area contributed by atoms with E-state index in [0.717, 1.165) is 39.9 Å². The lowest BCUT2D eigenvalue weighted by molar-refractivity contribution is 0.0951. The van der Waals surface area contributed by atoms with Crippen LogP contribution < -0.4 is 15.1 Å². The summed E-state index contributed by atoms with van der Waals surface area (Å²) in [7, 11) is 0. The van der Waals surface area contributed by atoms with Crippen LogP contribution in [0.3, 0.4) is 0 Å². The molecule has 0 radical (unpaired) electrons. The zero-order valence-corrected chi connectivity index (χ0v) is 21.3. The number of rotatable bonds is 6.